The van der Waals surface area contributed by atoms with E-state index in [0.29, 0.717) is 6.61 Å². The molecule has 2 unspecified atom stereocenters. The second-order valence-corrected chi connectivity index (χ2v) is 5.23. The lowest BCUT2D eigenvalue weighted by Gasteiger charge is -2.32. The van der Waals surface area contributed by atoms with E-state index < -0.39 is 17.3 Å². The molecule has 1 aromatic rings. The lowest BCUT2D eigenvalue weighted by atomic mass is 9.80. The van der Waals surface area contributed by atoms with Crippen molar-refractivity contribution in [2.75, 3.05) is 13.7 Å². The molecular weight excluding hydrogens is 258 g/mol. The third kappa shape index (κ3) is 2.54. The smallest absolute Gasteiger partial charge is 0.319 e. The first kappa shape index (κ1) is 14.5. The normalized spacial score (nSPS) is 20.6. The molecule has 0 aromatic heterocycles. The summed E-state index contributed by atoms with van der Waals surface area (Å²) in [6.07, 6.45) is 0.577. The molecular formula is C15H19NO4. The molecule has 108 valence electrons. The van der Waals surface area contributed by atoms with Crippen LogP contribution in [-0.2, 0) is 20.7 Å². The summed E-state index contributed by atoms with van der Waals surface area (Å²) in [7, 11) is 1.44. The lowest BCUT2D eigenvalue weighted by molar-refractivity contribution is -0.157. The highest BCUT2D eigenvalue weighted by Crippen LogP contribution is 2.37. The Morgan fingerprint density at radius 3 is 2.80 bits per heavy atom. The Labute approximate surface area is 117 Å². The Kier molecular flexibility index (Phi) is 4.09. The molecule has 0 fully saturated rings. The van der Waals surface area contributed by atoms with Crippen molar-refractivity contribution >= 4 is 11.9 Å². The number of hydrogen-bond donors (Lipinski definition) is 2. The maximum Gasteiger partial charge on any atom is 0.319 e. The summed E-state index contributed by atoms with van der Waals surface area (Å²) in [4.78, 5) is 23.4. The minimum Gasteiger partial charge on any atom is -0.480 e. The van der Waals surface area contributed by atoms with E-state index in [9.17, 15) is 14.7 Å². The second kappa shape index (κ2) is 5.63. The van der Waals surface area contributed by atoms with Gasteiger partial charge in [0.1, 0.15) is 5.41 Å². The van der Waals surface area contributed by atoms with Crippen LogP contribution in [0.25, 0.3) is 0 Å². The summed E-state index contributed by atoms with van der Waals surface area (Å²) < 4.78 is 5.70. The highest BCUT2D eigenvalue weighted by molar-refractivity contribution is 6.01. The van der Waals surface area contributed by atoms with Gasteiger partial charge in [0.15, 0.2) is 0 Å². The van der Waals surface area contributed by atoms with E-state index in [0.717, 1.165) is 17.5 Å². The Morgan fingerprint density at radius 1 is 1.45 bits per heavy atom. The Bertz CT molecular complexity index is 528. The molecule has 0 saturated heterocycles. The number of ether oxygens (including phenoxy) is 1. The molecule has 1 aliphatic heterocycles. The maximum atomic E-state index is 11.9. The fourth-order valence-electron chi connectivity index (χ4n) is 2.57. The van der Waals surface area contributed by atoms with Crippen LogP contribution in [0, 0.1) is 5.41 Å². The fraction of sp³-hybridized carbons (Fsp3) is 0.467. The van der Waals surface area contributed by atoms with Crippen molar-refractivity contribution in [1.82, 2.24) is 5.32 Å². The van der Waals surface area contributed by atoms with Crippen LogP contribution in [0.3, 0.4) is 0 Å². The van der Waals surface area contributed by atoms with Gasteiger partial charge in [-0.25, -0.2) is 0 Å². The van der Waals surface area contributed by atoms with Crippen LogP contribution in [0.15, 0.2) is 24.3 Å². The third-order valence-corrected chi connectivity index (χ3v) is 3.89. The number of hydrogen-bond acceptors (Lipinski definition) is 3. The van der Waals surface area contributed by atoms with Crippen molar-refractivity contribution in [3.05, 3.63) is 35.4 Å². The molecule has 0 aliphatic carbocycles. The van der Waals surface area contributed by atoms with Gasteiger partial charge in [0.25, 0.3) is 0 Å². The van der Waals surface area contributed by atoms with Gasteiger partial charge >= 0.3 is 5.97 Å². The Morgan fingerprint density at radius 2 is 2.15 bits per heavy atom. The summed E-state index contributed by atoms with van der Waals surface area (Å²) in [6, 6.07) is 7.81. The van der Waals surface area contributed by atoms with Gasteiger partial charge in [0.2, 0.25) is 5.91 Å². The molecule has 2 rings (SSSR count). The fourth-order valence-corrected chi connectivity index (χ4v) is 2.57. The average molecular weight is 277 g/mol. The second-order valence-electron chi connectivity index (χ2n) is 5.23. The molecule has 5 heteroatoms. The van der Waals surface area contributed by atoms with Crippen LogP contribution in [0.1, 0.15) is 30.6 Å². The predicted octanol–water partition coefficient (Wildman–Crippen LogP) is 1.53. The standard InChI is InChI=1S/C15H19NO4/c1-15(14(18)19,13(17)16-2)9-12-11-6-4-3-5-10(11)7-8-20-12/h3-6,12H,7-9H2,1-2H3,(H,16,17)(H,18,19). The average Bonchev–Trinajstić information content (AvgIpc) is 2.46. The van der Waals surface area contributed by atoms with E-state index in [4.69, 9.17) is 4.74 Å². The van der Waals surface area contributed by atoms with Gasteiger partial charge < -0.3 is 15.2 Å². The molecule has 1 aliphatic rings. The number of aliphatic carboxylic acids is 1. The highest BCUT2D eigenvalue weighted by Gasteiger charge is 2.44. The topological polar surface area (TPSA) is 75.6 Å². The van der Waals surface area contributed by atoms with Gasteiger partial charge in [-0.1, -0.05) is 24.3 Å². The number of fused-ring (bicyclic) bond motifs is 1. The molecule has 2 atom stereocenters. The van der Waals surface area contributed by atoms with Gasteiger partial charge in [-0.15, -0.1) is 0 Å². The molecule has 2 N–H and O–H groups in total. The first-order valence-corrected chi connectivity index (χ1v) is 6.64. The zero-order valence-electron chi connectivity index (χ0n) is 11.7. The van der Waals surface area contributed by atoms with Crippen molar-refractivity contribution in [2.45, 2.75) is 25.9 Å². The summed E-state index contributed by atoms with van der Waals surface area (Å²) in [5, 5.41) is 11.8. The van der Waals surface area contributed by atoms with Crippen molar-refractivity contribution in [3.63, 3.8) is 0 Å². The SMILES string of the molecule is CNC(=O)C(C)(CC1OCCc2ccccc21)C(=O)O. The summed E-state index contributed by atoms with van der Waals surface area (Å²) in [6.45, 7) is 1.99. The van der Waals surface area contributed by atoms with Crippen LogP contribution in [0.4, 0.5) is 0 Å². The van der Waals surface area contributed by atoms with Crippen molar-refractivity contribution in [2.24, 2.45) is 5.41 Å². The molecule has 0 spiro atoms. The Balaban J connectivity index is 2.29. The number of nitrogens with one attached hydrogen (secondary N) is 1. The largest absolute Gasteiger partial charge is 0.480 e. The number of benzene rings is 1. The molecule has 1 heterocycles. The van der Waals surface area contributed by atoms with Gasteiger partial charge in [-0.3, -0.25) is 9.59 Å². The number of carbonyl (C=O) groups excluding carboxylic acids is 1. The minimum absolute atomic E-state index is 0.124. The molecule has 0 radical (unpaired) electrons. The van der Waals surface area contributed by atoms with E-state index in [1.165, 1.54) is 14.0 Å². The van der Waals surface area contributed by atoms with Gasteiger partial charge in [0.05, 0.1) is 12.7 Å². The highest BCUT2D eigenvalue weighted by atomic mass is 16.5. The molecule has 1 aromatic carbocycles. The van der Waals surface area contributed by atoms with E-state index in [1.807, 2.05) is 24.3 Å². The predicted molar refractivity (Wildman–Crippen MR) is 73.3 cm³/mol. The molecule has 20 heavy (non-hydrogen) atoms. The van der Waals surface area contributed by atoms with Crippen LogP contribution in [0.2, 0.25) is 0 Å². The first-order valence-electron chi connectivity index (χ1n) is 6.64. The van der Waals surface area contributed by atoms with Crippen LogP contribution in [0.5, 0.6) is 0 Å². The summed E-state index contributed by atoms with van der Waals surface area (Å²) in [5.41, 5.74) is 0.646. The summed E-state index contributed by atoms with van der Waals surface area (Å²) in [5.74, 6) is -1.64. The quantitative estimate of drug-likeness (QED) is 0.818. The van der Waals surface area contributed by atoms with Crippen molar-refractivity contribution in [1.29, 1.82) is 0 Å². The molecule has 0 bridgehead atoms. The minimum atomic E-state index is -1.50. The lowest BCUT2D eigenvalue weighted by Crippen LogP contribution is -2.44. The number of amides is 1. The number of carbonyl (C=O) groups is 2. The molecule has 0 saturated carbocycles. The van der Waals surface area contributed by atoms with Crippen LogP contribution < -0.4 is 5.32 Å². The van der Waals surface area contributed by atoms with Gasteiger partial charge in [0, 0.05) is 13.5 Å². The zero-order valence-corrected chi connectivity index (χ0v) is 11.7. The van der Waals surface area contributed by atoms with E-state index in [-0.39, 0.29) is 12.5 Å². The zero-order chi connectivity index (χ0) is 14.8. The molecule has 1 amide bonds. The van der Waals surface area contributed by atoms with Crippen LogP contribution in [-0.4, -0.2) is 30.6 Å². The number of carboxylic acids is 1. The van der Waals surface area contributed by atoms with Crippen molar-refractivity contribution < 1.29 is 19.4 Å². The third-order valence-electron chi connectivity index (χ3n) is 3.89. The van der Waals surface area contributed by atoms with E-state index in [2.05, 4.69) is 5.32 Å². The molecule has 5 nitrogen and oxygen atoms in total. The Hall–Kier alpha value is -1.88. The maximum absolute atomic E-state index is 11.9. The van der Waals surface area contributed by atoms with Crippen LogP contribution >= 0.6 is 0 Å². The van der Waals surface area contributed by atoms with Gasteiger partial charge in [-0.2, -0.15) is 0 Å². The van der Waals surface area contributed by atoms with Gasteiger partial charge in [-0.05, 0) is 24.5 Å². The number of rotatable bonds is 4. The number of carboxylic acid groups (broad SMARTS) is 1. The van der Waals surface area contributed by atoms with Crippen molar-refractivity contribution in [3.8, 4) is 0 Å². The summed E-state index contributed by atoms with van der Waals surface area (Å²) >= 11 is 0. The van der Waals surface area contributed by atoms with E-state index >= 15 is 0 Å². The van der Waals surface area contributed by atoms with E-state index in [1.54, 1.807) is 0 Å². The first-order chi connectivity index (χ1) is 9.49. The monoisotopic (exact) mass is 277 g/mol.